The average Bonchev–Trinajstić information content (AvgIpc) is 3.13. The van der Waals surface area contributed by atoms with Crippen molar-refractivity contribution in [3.8, 4) is 5.69 Å². The largest absolute Gasteiger partial charge is 0.480 e. The lowest BCUT2D eigenvalue weighted by atomic mass is 10.2. The molecule has 0 saturated carbocycles. The monoisotopic (exact) mass is 367 g/mol. The highest BCUT2D eigenvalue weighted by molar-refractivity contribution is 6.35. The molecule has 0 unspecified atom stereocenters. The molecule has 6 nitrogen and oxygen atoms in total. The molecular weight excluding hydrogens is 353 g/mol. The first kappa shape index (κ1) is 16.8. The number of aliphatic carboxylic acids is 1. The smallest absolute Gasteiger partial charge is 0.326 e. The molecule has 2 heterocycles. The fourth-order valence-electron chi connectivity index (χ4n) is 2.89. The molecule has 0 spiro atoms. The van der Waals surface area contributed by atoms with E-state index in [0.29, 0.717) is 40.8 Å². The van der Waals surface area contributed by atoms with Crippen LogP contribution in [0.2, 0.25) is 10.0 Å². The summed E-state index contributed by atoms with van der Waals surface area (Å²) >= 11 is 12.1. The van der Waals surface area contributed by atoms with Gasteiger partial charge in [0.05, 0.1) is 10.7 Å². The predicted octanol–water partition coefficient (Wildman–Crippen LogP) is 3.18. The van der Waals surface area contributed by atoms with Crippen LogP contribution in [0.25, 0.3) is 5.69 Å². The van der Waals surface area contributed by atoms with Crippen molar-refractivity contribution < 1.29 is 14.7 Å². The van der Waals surface area contributed by atoms with Gasteiger partial charge in [0.2, 0.25) is 0 Å². The minimum Gasteiger partial charge on any atom is -0.480 e. The topological polar surface area (TPSA) is 75.4 Å². The van der Waals surface area contributed by atoms with Gasteiger partial charge < -0.3 is 10.0 Å². The average molecular weight is 368 g/mol. The second-order valence-electron chi connectivity index (χ2n) is 5.67. The predicted molar refractivity (Wildman–Crippen MR) is 90.0 cm³/mol. The molecule has 8 heteroatoms. The molecule has 126 valence electrons. The summed E-state index contributed by atoms with van der Waals surface area (Å²) in [5.74, 6) is -1.37. The third kappa shape index (κ3) is 2.99. The zero-order chi connectivity index (χ0) is 17.4. The molecule has 0 aliphatic carbocycles. The molecule has 1 atom stereocenters. The Labute approximate surface area is 148 Å². The van der Waals surface area contributed by atoms with Gasteiger partial charge in [0.15, 0.2) is 5.69 Å². The third-order valence-electron chi connectivity index (χ3n) is 4.04. The van der Waals surface area contributed by atoms with Crippen LogP contribution < -0.4 is 0 Å². The van der Waals surface area contributed by atoms with E-state index in [0.717, 1.165) is 0 Å². The normalized spacial score (nSPS) is 17.3. The van der Waals surface area contributed by atoms with E-state index < -0.39 is 12.0 Å². The second kappa shape index (κ2) is 6.45. The number of benzene rings is 1. The number of amides is 1. The molecule has 1 aliphatic rings. The van der Waals surface area contributed by atoms with Crippen molar-refractivity contribution in [2.24, 2.45) is 0 Å². The lowest BCUT2D eigenvalue weighted by Crippen LogP contribution is -2.40. The van der Waals surface area contributed by atoms with Gasteiger partial charge in [-0.2, -0.15) is 5.10 Å². The van der Waals surface area contributed by atoms with Crippen LogP contribution >= 0.6 is 23.2 Å². The Bertz CT molecular complexity index is 819. The lowest BCUT2D eigenvalue weighted by molar-refractivity contribution is -0.141. The number of halogens is 2. The van der Waals surface area contributed by atoms with E-state index >= 15 is 0 Å². The number of carbonyl (C=O) groups is 2. The van der Waals surface area contributed by atoms with Crippen molar-refractivity contribution in [2.75, 3.05) is 6.54 Å². The number of aromatic nitrogens is 2. The van der Waals surface area contributed by atoms with Crippen LogP contribution in [-0.2, 0) is 4.79 Å². The summed E-state index contributed by atoms with van der Waals surface area (Å²) in [5, 5.41) is 14.5. The molecule has 0 bridgehead atoms. The molecule has 0 radical (unpaired) electrons. The quantitative estimate of drug-likeness (QED) is 0.903. The first-order valence-corrected chi connectivity index (χ1v) is 8.20. The Morgan fingerprint density at radius 1 is 1.29 bits per heavy atom. The molecule has 24 heavy (non-hydrogen) atoms. The van der Waals surface area contributed by atoms with Crippen molar-refractivity contribution in [3.05, 3.63) is 45.7 Å². The fourth-order valence-corrected chi connectivity index (χ4v) is 3.38. The Morgan fingerprint density at radius 2 is 2.04 bits per heavy atom. The van der Waals surface area contributed by atoms with Gasteiger partial charge in [-0.15, -0.1) is 0 Å². The van der Waals surface area contributed by atoms with Crippen LogP contribution in [0.4, 0.5) is 0 Å². The van der Waals surface area contributed by atoms with Gasteiger partial charge in [0.1, 0.15) is 6.04 Å². The highest BCUT2D eigenvalue weighted by Crippen LogP contribution is 2.26. The third-order valence-corrected chi connectivity index (χ3v) is 4.58. The molecule has 1 saturated heterocycles. The molecule has 1 N–H and O–H groups in total. The highest BCUT2D eigenvalue weighted by atomic mass is 35.5. The first-order chi connectivity index (χ1) is 11.4. The van der Waals surface area contributed by atoms with Gasteiger partial charge >= 0.3 is 5.97 Å². The first-order valence-electron chi connectivity index (χ1n) is 7.44. The zero-order valence-electron chi connectivity index (χ0n) is 12.9. The van der Waals surface area contributed by atoms with Crippen molar-refractivity contribution >= 4 is 35.1 Å². The van der Waals surface area contributed by atoms with Crippen LogP contribution in [0.1, 0.15) is 29.0 Å². The van der Waals surface area contributed by atoms with E-state index in [4.69, 9.17) is 23.2 Å². The van der Waals surface area contributed by atoms with Crippen molar-refractivity contribution in [3.63, 3.8) is 0 Å². The van der Waals surface area contributed by atoms with Gasteiger partial charge in [-0.3, -0.25) is 4.79 Å². The number of likely N-dealkylation sites (tertiary alicyclic amines) is 1. The van der Waals surface area contributed by atoms with Crippen LogP contribution in [0.15, 0.2) is 24.3 Å². The Balaban J connectivity index is 1.94. The number of carboxylic acid groups (broad SMARTS) is 1. The Kier molecular flexibility index (Phi) is 4.51. The zero-order valence-corrected chi connectivity index (χ0v) is 14.4. The maximum atomic E-state index is 12.6. The molecule has 1 fully saturated rings. The van der Waals surface area contributed by atoms with Crippen molar-refractivity contribution in [1.29, 1.82) is 0 Å². The number of aryl methyl sites for hydroxylation is 1. The van der Waals surface area contributed by atoms with Crippen molar-refractivity contribution in [1.82, 2.24) is 14.7 Å². The molecule has 1 aromatic carbocycles. The highest BCUT2D eigenvalue weighted by Gasteiger charge is 2.35. The van der Waals surface area contributed by atoms with Crippen LogP contribution in [0, 0.1) is 6.92 Å². The maximum Gasteiger partial charge on any atom is 0.326 e. The summed E-state index contributed by atoms with van der Waals surface area (Å²) in [4.78, 5) is 25.3. The van der Waals surface area contributed by atoms with Gasteiger partial charge in [0.25, 0.3) is 5.91 Å². The SMILES string of the molecule is Cc1cc(C(=O)N2CCC[C@@H]2C(=O)O)nn1-c1ccc(Cl)cc1Cl. The van der Waals surface area contributed by atoms with Crippen LogP contribution in [-0.4, -0.2) is 44.3 Å². The molecule has 1 aromatic heterocycles. The van der Waals surface area contributed by atoms with Crippen LogP contribution in [0.5, 0.6) is 0 Å². The van der Waals surface area contributed by atoms with E-state index in [1.165, 1.54) is 4.90 Å². The standard InChI is InChI=1S/C16H15Cl2N3O3/c1-9-7-12(15(22)20-6-2-3-14(20)16(23)24)19-21(9)13-5-4-10(17)8-11(13)18/h4-5,7-8,14H,2-3,6H2,1H3,(H,23,24)/t14-/m1/s1. The maximum absolute atomic E-state index is 12.6. The lowest BCUT2D eigenvalue weighted by Gasteiger charge is -2.20. The number of carboxylic acids is 1. The minimum atomic E-state index is -0.988. The second-order valence-corrected chi connectivity index (χ2v) is 6.52. The number of hydrogen-bond acceptors (Lipinski definition) is 3. The number of rotatable bonds is 3. The number of carbonyl (C=O) groups excluding carboxylic acids is 1. The van der Waals surface area contributed by atoms with E-state index in [-0.39, 0.29) is 11.6 Å². The van der Waals surface area contributed by atoms with E-state index in [2.05, 4.69) is 5.10 Å². The summed E-state index contributed by atoms with van der Waals surface area (Å²) in [6.07, 6.45) is 1.13. The minimum absolute atomic E-state index is 0.201. The summed E-state index contributed by atoms with van der Waals surface area (Å²) in [5.41, 5.74) is 1.52. The van der Waals surface area contributed by atoms with Crippen LogP contribution in [0.3, 0.4) is 0 Å². The summed E-state index contributed by atoms with van der Waals surface area (Å²) < 4.78 is 1.55. The van der Waals surface area contributed by atoms with E-state index in [9.17, 15) is 14.7 Å². The summed E-state index contributed by atoms with van der Waals surface area (Å²) in [6.45, 7) is 2.22. The number of hydrogen-bond donors (Lipinski definition) is 1. The summed E-state index contributed by atoms with van der Waals surface area (Å²) in [7, 11) is 0. The van der Waals surface area contributed by atoms with Gasteiger partial charge in [-0.25, -0.2) is 9.48 Å². The molecular formula is C16H15Cl2N3O3. The van der Waals surface area contributed by atoms with Gasteiger partial charge in [-0.05, 0) is 44.0 Å². The molecule has 1 aliphatic heterocycles. The Hall–Kier alpha value is -2.05. The molecule has 2 aromatic rings. The van der Waals surface area contributed by atoms with E-state index in [1.807, 2.05) is 0 Å². The molecule has 3 rings (SSSR count). The van der Waals surface area contributed by atoms with Gasteiger partial charge in [0, 0.05) is 17.3 Å². The number of nitrogens with zero attached hydrogens (tertiary/aromatic N) is 3. The van der Waals surface area contributed by atoms with E-state index in [1.54, 1.807) is 35.9 Å². The van der Waals surface area contributed by atoms with Gasteiger partial charge in [-0.1, -0.05) is 23.2 Å². The fraction of sp³-hybridized carbons (Fsp3) is 0.312. The Morgan fingerprint density at radius 3 is 2.71 bits per heavy atom. The summed E-state index contributed by atoms with van der Waals surface area (Å²) in [6, 6.07) is 5.84. The van der Waals surface area contributed by atoms with Crippen molar-refractivity contribution in [2.45, 2.75) is 25.8 Å². The molecule has 1 amide bonds.